The van der Waals surface area contributed by atoms with Crippen LogP contribution in [-0.4, -0.2) is 26.5 Å². The lowest BCUT2D eigenvalue weighted by molar-refractivity contribution is -0.0317. The van der Waals surface area contributed by atoms with Gasteiger partial charge in [-0.2, -0.15) is 0 Å². The highest BCUT2D eigenvalue weighted by Gasteiger charge is 2.30. The lowest BCUT2D eigenvalue weighted by Gasteiger charge is -2.27. The molecular formula is C24H34N4O4. The average Bonchev–Trinajstić information content (AvgIpc) is 3.27. The zero-order chi connectivity index (χ0) is 23.0. The molecule has 2 aromatic heterocycles. The Bertz CT molecular complexity index is 1070. The number of hydrogen-bond acceptors (Lipinski definition) is 5. The van der Waals surface area contributed by atoms with Gasteiger partial charge in [-0.1, -0.05) is 50.4 Å². The molecule has 3 heterocycles. The normalized spacial score (nSPS) is 21.9. The molecule has 2 atom stereocenters. The molecule has 1 fully saturated rings. The number of rotatable bonds is 5. The predicted molar refractivity (Wildman–Crippen MR) is 122 cm³/mol. The highest BCUT2D eigenvalue weighted by molar-refractivity contribution is 6.04. The van der Waals surface area contributed by atoms with Crippen LogP contribution in [0.1, 0.15) is 92.0 Å². The van der Waals surface area contributed by atoms with E-state index in [-0.39, 0.29) is 29.5 Å². The number of ether oxygens (including phenoxy) is 1. The van der Waals surface area contributed by atoms with Gasteiger partial charge in [0, 0.05) is 12.6 Å². The van der Waals surface area contributed by atoms with Crippen molar-refractivity contribution in [1.29, 1.82) is 0 Å². The number of aromatic nitrogens is 3. The Morgan fingerprint density at radius 2 is 1.94 bits per heavy atom. The minimum Gasteiger partial charge on any atom is -0.362 e. The molecule has 1 N–H and O–H groups in total. The SMILES string of the molecule is Cc1c(C(=O)Nc2c(C)n(C)n(C3CCCCC3)c2=O)noc1C1C=CCC(C(C)C)O1. The maximum absolute atomic E-state index is 13.2. The first-order chi connectivity index (χ1) is 15.3. The summed E-state index contributed by atoms with van der Waals surface area (Å²) in [4.78, 5) is 26.2. The third kappa shape index (κ3) is 4.08. The van der Waals surface area contributed by atoms with E-state index in [0.29, 0.717) is 22.9 Å². The summed E-state index contributed by atoms with van der Waals surface area (Å²) in [6.07, 6.45) is 10.0. The molecule has 0 radical (unpaired) electrons. The molecule has 32 heavy (non-hydrogen) atoms. The van der Waals surface area contributed by atoms with Crippen LogP contribution in [0.2, 0.25) is 0 Å². The van der Waals surface area contributed by atoms with Crippen molar-refractivity contribution >= 4 is 11.6 Å². The van der Waals surface area contributed by atoms with E-state index in [4.69, 9.17) is 9.26 Å². The Hall–Kier alpha value is -2.61. The van der Waals surface area contributed by atoms with Gasteiger partial charge < -0.3 is 14.6 Å². The number of nitrogens with zero attached hydrogens (tertiary/aromatic N) is 3. The molecule has 0 bridgehead atoms. The van der Waals surface area contributed by atoms with Crippen molar-refractivity contribution < 1.29 is 14.1 Å². The highest BCUT2D eigenvalue weighted by Crippen LogP contribution is 2.32. The van der Waals surface area contributed by atoms with Gasteiger partial charge in [-0.25, -0.2) is 4.68 Å². The second-order valence-electron chi connectivity index (χ2n) is 9.40. The summed E-state index contributed by atoms with van der Waals surface area (Å²) in [6, 6.07) is 0.176. The van der Waals surface area contributed by atoms with Crippen molar-refractivity contribution in [1.82, 2.24) is 14.5 Å². The number of carbonyl (C=O) groups excluding carboxylic acids is 1. The summed E-state index contributed by atoms with van der Waals surface area (Å²) < 4.78 is 15.3. The molecule has 2 aliphatic rings. The monoisotopic (exact) mass is 442 g/mol. The fraction of sp³-hybridized carbons (Fsp3) is 0.625. The average molecular weight is 443 g/mol. The molecule has 174 valence electrons. The Morgan fingerprint density at radius 1 is 1.22 bits per heavy atom. The smallest absolute Gasteiger partial charge is 0.291 e. The van der Waals surface area contributed by atoms with Crippen LogP contribution < -0.4 is 10.9 Å². The van der Waals surface area contributed by atoms with E-state index in [9.17, 15) is 9.59 Å². The lowest BCUT2D eigenvalue weighted by atomic mass is 9.96. The molecule has 0 saturated heterocycles. The zero-order valence-corrected chi connectivity index (χ0v) is 19.7. The summed E-state index contributed by atoms with van der Waals surface area (Å²) in [5, 5.41) is 6.82. The number of amides is 1. The van der Waals surface area contributed by atoms with Crippen LogP contribution in [0.25, 0.3) is 0 Å². The first-order valence-electron chi connectivity index (χ1n) is 11.7. The van der Waals surface area contributed by atoms with Gasteiger partial charge in [0.2, 0.25) is 0 Å². The van der Waals surface area contributed by atoms with E-state index < -0.39 is 5.91 Å². The van der Waals surface area contributed by atoms with Crippen molar-refractivity contribution in [3.05, 3.63) is 45.2 Å². The van der Waals surface area contributed by atoms with Crippen LogP contribution in [-0.2, 0) is 11.8 Å². The van der Waals surface area contributed by atoms with Crippen molar-refractivity contribution in [2.75, 3.05) is 5.32 Å². The molecule has 4 rings (SSSR count). The topological polar surface area (TPSA) is 91.3 Å². The third-order valence-electron chi connectivity index (χ3n) is 6.93. The molecule has 2 unspecified atom stereocenters. The molecule has 0 spiro atoms. The quantitative estimate of drug-likeness (QED) is 0.684. The Balaban J connectivity index is 1.56. The molecule has 1 amide bonds. The van der Waals surface area contributed by atoms with E-state index in [2.05, 4.69) is 30.4 Å². The third-order valence-corrected chi connectivity index (χ3v) is 6.93. The van der Waals surface area contributed by atoms with Gasteiger partial charge in [-0.05, 0) is 39.0 Å². The first-order valence-corrected chi connectivity index (χ1v) is 11.7. The zero-order valence-electron chi connectivity index (χ0n) is 19.7. The summed E-state index contributed by atoms with van der Waals surface area (Å²) in [5.41, 5.74) is 1.68. The minimum absolute atomic E-state index is 0.0944. The van der Waals surface area contributed by atoms with Crippen molar-refractivity contribution in [3.63, 3.8) is 0 Å². The van der Waals surface area contributed by atoms with Gasteiger partial charge in [0.1, 0.15) is 11.8 Å². The largest absolute Gasteiger partial charge is 0.362 e. The second kappa shape index (κ2) is 9.10. The molecular weight excluding hydrogens is 408 g/mol. The number of carbonyl (C=O) groups is 1. The fourth-order valence-corrected chi connectivity index (χ4v) is 4.81. The van der Waals surface area contributed by atoms with Crippen LogP contribution in [0.3, 0.4) is 0 Å². The standard InChI is InChI=1S/C24H34N4O4/c1-14(2)18-12-9-13-19(31-18)22-15(3)20(26-32-22)23(29)25-21-16(4)27(5)28(24(21)30)17-10-7-6-8-11-17/h9,13-14,17-19H,6-8,10-12H2,1-5H3,(H,25,29). The molecule has 2 aromatic rings. The summed E-state index contributed by atoms with van der Waals surface area (Å²) in [6.45, 7) is 7.89. The number of anilines is 1. The van der Waals surface area contributed by atoms with Crippen molar-refractivity contribution in [3.8, 4) is 0 Å². The van der Waals surface area contributed by atoms with E-state index in [0.717, 1.165) is 37.8 Å². The Kier molecular flexibility index (Phi) is 6.42. The van der Waals surface area contributed by atoms with Crippen molar-refractivity contribution in [2.45, 2.75) is 84.5 Å². The van der Waals surface area contributed by atoms with Crippen LogP contribution >= 0.6 is 0 Å². The van der Waals surface area contributed by atoms with E-state index in [1.54, 1.807) is 11.6 Å². The van der Waals surface area contributed by atoms with Gasteiger partial charge in [0.05, 0.1) is 17.8 Å². The van der Waals surface area contributed by atoms with E-state index in [1.807, 2.05) is 24.7 Å². The fourth-order valence-electron chi connectivity index (χ4n) is 4.81. The highest BCUT2D eigenvalue weighted by atomic mass is 16.5. The Morgan fingerprint density at radius 3 is 2.62 bits per heavy atom. The second-order valence-corrected chi connectivity index (χ2v) is 9.40. The van der Waals surface area contributed by atoms with Crippen LogP contribution in [0.4, 0.5) is 5.69 Å². The summed E-state index contributed by atoms with van der Waals surface area (Å²) in [5.74, 6) is 0.460. The van der Waals surface area contributed by atoms with E-state index in [1.165, 1.54) is 6.42 Å². The first kappa shape index (κ1) is 22.6. The van der Waals surface area contributed by atoms with Crippen LogP contribution in [0.5, 0.6) is 0 Å². The number of nitrogens with one attached hydrogen (secondary N) is 1. The molecule has 8 heteroatoms. The van der Waals surface area contributed by atoms with Gasteiger partial charge >= 0.3 is 0 Å². The molecule has 1 saturated carbocycles. The minimum atomic E-state index is -0.445. The Labute approximate surface area is 188 Å². The number of hydrogen-bond donors (Lipinski definition) is 1. The van der Waals surface area contributed by atoms with Gasteiger partial charge in [-0.15, -0.1) is 0 Å². The van der Waals surface area contributed by atoms with Gasteiger partial charge in [0.15, 0.2) is 11.5 Å². The molecule has 8 nitrogen and oxygen atoms in total. The molecule has 0 aromatic carbocycles. The lowest BCUT2D eigenvalue weighted by Crippen LogP contribution is -2.29. The van der Waals surface area contributed by atoms with Crippen molar-refractivity contribution in [2.24, 2.45) is 13.0 Å². The van der Waals surface area contributed by atoms with Crippen LogP contribution in [0.15, 0.2) is 21.5 Å². The summed E-state index contributed by atoms with van der Waals surface area (Å²) in [7, 11) is 1.87. The maximum Gasteiger partial charge on any atom is 0.291 e. The van der Waals surface area contributed by atoms with E-state index >= 15 is 0 Å². The maximum atomic E-state index is 13.2. The predicted octanol–water partition coefficient (Wildman–Crippen LogP) is 4.59. The van der Waals surface area contributed by atoms with Gasteiger partial charge in [0.25, 0.3) is 11.5 Å². The summed E-state index contributed by atoms with van der Waals surface area (Å²) >= 11 is 0. The molecule has 1 aliphatic heterocycles. The molecule has 1 aliphatic carbocycles. The van der Waals surface area contributed by atoms with Gasteiger partial charge in [-0.3, -0.25) is 14.3 Å². The van der Waals surface area contributed by atoms with Crippen LogP contribution in [0, 0.1) is 19.8 Å².